The van der Waals surface area contributed by atoms with E-state index in [1.807, 2.05) is 0 Å². The summed E-state index contributed by atoms with van der Waals surface area (Å²) in [7, 11) is -3.90. The summed E-state index contributed by atoms with van der Waals surface area (Å²) >= 11 is 0. The SMILES string of the molecule is CCN([C@@H](C)c1ccc(F)cc1)S(=O)(=O)c1nc2cnccn2n1. The van der Waals surface area contributed by atoms with Crippen LogP contribution in [0.1, 0.15) is 25.5 Å². The van der Waals surface area contributed by atoms with Crippen molar-refractivity contribution in [1.82, 2.24) is 23.9 Å². The van der Waals surface area contributed by atoms with Gasteiger partial charge in [0.1, 0.15) is 5.82 Å². The number of rotatable bonds is 5. The molecular formula is C15H16FN5O2S. The highest BCUT2D eigenvalue weighted by Crippen LogP contribution is 2.26. The second kappa shape index (κ2) is 6.25. The van der Waals surface area contributed by atoms with E-state index in [1.54, 1.807) is 26.0 Å². The monoisotopic (exact) mass is 349 g/mol. The van der Waals surface area contributed by atoms with E-state index < -0.39 is 16.1 Å². The van der Waals surface area contributed by atoms with Gasteiger partial charge in [0.25, 0.3) is 15.2 Å². The average molecular weight is 349 g/mol. The summed E-state index contributed by atoms with van der Waals surface area (Å²) in [5.74, 6) is -0.369. The molecule has 3 rings (SSSR count). The van der Waals surface area contributed by atoms with Gasteiger partial charge in [-0.05, 0) is 24.6 Å². The van der Waals surface area contributed by atoms with Crippen molar-refractivity contribution in [2.24, 2.45) is 0 Å². The van der Waals surface area contributed by atoms with Crippen molar-refractivity contribution < 1.29 is 12.8 Å². The predicted octanol–water partition coefficient (Wildman–Crippen LogP) is 2.04. The van der Waals surface area contributed by atoms with Gasteiger partial charge < -0.3 is 0 Å². The molecule has 1 atom stereocenters. The molecule has 24 heavy (non-hydrogen) atoms. The topological polar surface area (TPSA) is 80.5 Å². The molecule has 0 spiro atoms. The Kier molecular flexibility index (Phi) is 4.29. The molecular weight excluding hydrogens is 333 g/mol. The van der Waals surface area contributed by atoms with Crippen LogP contribution in [0.3, 0.4) is 0 Å². The molecule has 3 aromatic rings. The minimum atomic E-state index is -3.90. The Morgan fingerprint density at radius 3 is 2.62 bits per heavy atom. The first-order chi connectivity index (χ1) is 11.4. The van der Waals surface area contributed by atoms with E-state index in [4.69, 9.17) is 0 Å². The van der Waals surface area contributed by atoms with Crippen molar-refractivity contribution in [3.8, 4) is 0 Å². The minimum Gasteiger partial charge on any atom is -0.259 e. The maximum Gasteiger partial charge on any atom is 0.283 e. The van der Waals surface area contributed by atoms with Crippen molar-refractivity contribution in [1.29, 1.82) is 0 Å². The molecule has 2 heterocycles. The Bertz CT molecular complexity index is 922. The molecule has 2 aromatic heterocycles. The highest BCUT2D eigenvalue weighted by Gasteiger charge is 2.32. The summed E-state index contributed by atoms with van der Waals surface area (Å²) in [4.78, 5) is 7.94. The van der Waals surface area contributed by atoms with E-state index in [-0.39, 0.29) is 17.5 Å². The first-order valence-electron chi connectivity index (χ1n) is 7.37. The zero-order valence-electron chi connectivity index (χ0n) is 13.2. The standard InChI is InChI=1S/C15H16FN5O2S/c1-3-21(11(2)12-4-6-13(16)7-5-12)24(22,23)15-18-14-10-17-8-9-20(14)19-15/h4-11H,3H2,1-2H3/t11-/m0/s1. The maximum atomic E-state index is 13.1. The summed E-state index contributed by atoms with van der Waals surface area (Å²) < 4.78 is 41.5. The molecule has 0 unspecified atom stereocenters. The number of hydrogen-bond acceptors (Lipinski definition) is 5. The molecule has 0 radical (unpaired) electrons. The molecule has 0 saturated heterocycles. The van der Waals surface area contributed by atoms with Crippen LogP contribution in [0.15, 0.2) is 48.0 Å². The Morgan fingerprint density at radius 2 is 2.00 bits per heavy atom. The smallest absolute Gasteiger partial charge is 0.259 e. The second-order valence-electron chi connectivity index (χ2n) is 5.21. The molecule has 0 bridgehead atoms. The highest BCUT2D eigenvalue weighted by molar-refractivity contribution is 7.89. The van der Waals surface area contributed by atoms with Gasteiger partial charge in [-0.1, -0.05) is 19.1 Å². The molecule has 0 fully saturated rings. The summed E-state index contributed by atoms with van der Waals surface area (Å²) in [5.41, 5.74) is 1.04. The predicted molar refractivity (Wildman–Crippen MR) is 85.2 cm³/mol. The van der Waals surface area contributed by atoms with E-state index in [0.717, 1.165) is 0 Å². The zero-order chi connectivity index (χ0) is 17.3. The minimum absolute atomic E-state index is 0.231. The van der Waals surface area contributed by atoms with Crippen LogP contribution >= 0.6 is 0 Å². The van der Waals surface area contributed by atoms with Gasteiger partial charge in [0.2, 0.25) is 0 Å². The van der Waals surface area contributed by atoms with Gasteiger partial charge in [0, 0.05) is 25.0 Å². The summed E-state index contributed by atoms with van der Waals surface area (Å²) in [6.07, 6.45) is 4.46. The van der Waals surface area contributed by atoms with Crippen molar-refractivity contribution in [3.05, 3.63) is 54.2 Å². The molecule has 0 saturated carbocycles. The van der Waals surface area contributed by atoms with Crippen molar-refractivity contribution in [3.63, 3.8) is 0 Å². The summed E-state index contributed by atoms with van der Waals surface area (Å²) in [6, 6.07) is 5.27. The summed E-state index contributed by atoms with van der Waals surface area (Å²) in [5, 5.41) is 3.73. The fourth-order valence-electron chi connectivity index (χ4n) is 2.50. The fourth-order valence-corrected chi connectivity index (χ4v) is 3.99. The van der Waals surface area contributed by atoms with Gasteiger partial charge >= 0.3 is 0 Å². The number of benzene rings is 1. The lowest BCUT2D eigenvalue weighted by Gasteiger charge is -2.26. The molecule has 1 aromatic carbocycles. The lowest BCUT2D eigenvalue weighted by molar-refractivity contribution is 0.353. The van der Waals surface area contributed by atoms with Gasteiger partial charge in [-0.2, -0.15) is 9.29 Å². The maximum absolute atomic E-state index is 13.1. The lowest BCUT2D eigenvalue weighted by atomic mass is 10.1. The number of halogens is 1. The molecule has 0 aliphatic heterocycles. The van der Waals surface area contributed by atoms with Gasteiger partial charge in [-0.25, -0.2) is 17.3 Å². The van der Waals surface area contributed by atoms with Crippen LogP contribution in [0, 0.1) is 5.82 Å². The van der Waals surface area contributed by atoms with Crippen molar-refractivity contribution in [2.75, 3.05) is 6.54 Å². The van der Waals surface area contributed by atoms with Gasteiger partial charge in [0.15, 0.2) is 5.65 Å². The Morgan fingerprint density at radius 1 is 1.29 bits per heavy atom. The molecule has 9 heteroatoms. The normalized spacial score (nSPS) is 13.5. The second-order valence-corrected chi connectivity index (χ2v) is 6.99. The van der Waals surface area contributed by atoms with Crippen LogP contribution < -0.4 is 0 Å². The van der Waals surface area contributed by atoms with Crippen LogP contribution in [0.25, 0.3) is 5.65 Å². The number of fused-ring (bicyclic) bond motifs is 1. The number of hydrogen-bond donors (Lipinski definition) is 0. The van der Waals surface area contributed by atoms with E-state index in [9.17, 15) is 12.8 Å². The van der Waals surface area contributed by atoms with Crippen molar-refractivity contribution >= 4 is 15.7 Å². The number of nitrogens with zero attached hydrogens (tertiary/aromatic N) is 5. The first-order valence-corrected chi connectivity index (χ1v) is 8.81. The van der Waals surface area contributed by atoms with E-state index in [2.05, 4.69) is 15.1 Å². The van der Waals surface area contributed by atoms with Crippen LogP contribution in [0.2, 0.25) is 0 Å². The summed E-state index contributed by atoms with van der Waals surface area (Å²) in [6.45, 7) is 3.70. The third kappa shape index (κ3) is 2.87. The van der Waals surface area contributed by atoms with E-state index in [0.29, 0.717) is 11.2 Å². The van der Waals surface area contributed by atoms with Gasteiger partial charge in [-0.15, -0.1) is 5.10 Å². The van der Waals surface area contributed by atoms with E-state index >= 15 is 0 Å². The first kappa shape index (κ1) is 16.5. The molecule has 0 amide bonds. The Hall–Kier alpha value is -2.39. The molecule has 0 N–H and O–H groups in total. The van der Waals surface area contributed by atoms with Crippen LogP contribution in [-0.4, -0.2) is 38.8 Å². The third-order valence-corrected chi connectivity index (χ3v) is 5.58. The molecule has 7 nitrogen and oxygen atoms in total. The van der Waals surface area contributed by atoms with Crippen LogP contribution in [0.5, 0.6) is 0 Å². The zero-order valence-corrected chi connectivity index (χ0v) is 14.0. The van der Waals surface area contributed by atoms with E-state index in [1.165, 1.54) is 39.5 Å². The van der Waals surface area contributed by atoms with Gasteiger partial charge in [0.05, 0.1) is 6.20 Å². The molecule has 0 aliphatic carbocycles. The molecule has 126 valence electrons. The number of aromatic nitrogens is 4. The van der Waals surface area contributed by atoms with Crippen LogP contribution in [0.4, 0.5) is 4.39 Å². The lowest BCUT2D eigenvalue weighted by Crippen LogP contribution is -2.34. The Balaban J connectivity index is 2.00. The van der Waals surface area contributed by atoms with Crippen molar-refractivity contribution in [2.45, 2.75) is 25.0 Å². The average Bonchev–Trinajstić information content (AvgIpc) is 3.01. The largest absolute Gasteiger partial charge is 0.283 e. The Labute approximate surface area is 138 Å². The van der Waals surface area contributed by atoms with Gasteiger partial charge in [-0.3, -0.25) is 4.98 Å². The third-order valence-electron chi connectivity index (χ3n) is 3.76. The number of sulfonamides is 1. The van der Waals surface area contributed by atoms with Crippen LogP contribution in [-0.2, 0) is 10.0 Å². The quantitative estimate of drug-likeness (QED) is 0.704. The molecule has 0 aliphatic rings. The fraction of sp³-hybridized carbons (Fsp3) is 0.267. The highest BCUT2D eigenvalue weighted by atomic mass is 32.2.